The van der Waals surface area contributed by atoms with Crippen LogP contribution in [-0.2, 0) is 16.0 Å². The van der Waals surface area contributed by atoms with Crippen LogP contribution in [0.15, 0.2) is 66.9 Å². The van der Waals surface area contributed by atoms with Gasteiger partial charge in [-0.15, -0.1) is 0 Å². The molecule has 0 spiro atoms. The molecule has 172 valence electrons. The number of carboxylic acids is 1. The van der Waals surface area contributed by atoms with Gasteiger partial charge in [-0.25, -0.2) is 14.6 Å². The molecule has 1 aliphatic carbocycles. The Hall–Kier alpha value is -4.13. The van der Waals surface area contributed by atoms with E-state index in [1.807, 2.05) is 73.0 Å². The van der Waals surface area contributed by atoms with Crippen LogP contribution in [0.25, 0.3) is 16.8 Å². The lowest BCUT2D eigenvalue weighted by atomic mass is 9.98. The molecule has 0 fully saturated rings. The molecule has 0 aliphatic heterocycles. The first-order chi connectivity index (χ1) is 16.4. The maximum absolute atomic E-state index is 12.6. The molecule has 2 heterocycles. The maximum Gasteiger partial charge on any atom is 0.407 e. The Kier molecular flexibility index (Phi) is 5.53. The summed E-state index contributed by atoms with van der Waals surface area (Å²) in [7, 11) is 0. The predicted octanol–water partition coefficient (Wildman–Crippen LogP) is 4.49. The van der Waals surface area contributed by atoms with Crippen molar-refractivity contribution in [2.24, 2.45) is 0 Å². The second kappa shape index (κ2) is 8.67. The number of pyridine rings is 1. The summed E-state index contributed by atoms with van der Waals surface area (Å²) in [5.74, 6) is -1.22. The summed E-state index contributed by atoms with van der Waals surface area (Å²) in [6.07, 6.45) is 1.21. The first kappa shape index (κ1) is 21.7. The molecule has 5 rings (SSSR count). The van der Waals surface area contributed by atoms with Crippen LogP contribution in [-0.4, -0.2) is 39.2 Å². The van der Waals surface area contributed by atoms with Crippen LogP contribution >= 0.6 is 0 Å². The molecule has 1 aliphatic rings. The monoisotopic (exact) mass is 455 g/mol. The lowest BCUT2D eigenvalue weighted by Crippen LogP contribution is -2.43. The number of aromatic nitrogens is 2. The van der Waals surface area contributed by atoms with Gasteiger partial charge in [-0.1, -0.05) is 48.5 Å². The number of hydrogen-bond acceptors (Lipinski definition) is 4. The summed E-state index contributed by atoms with van der Waals surface area (Å²) in [6.45, 7) is 3.94. The van der Waals surface area contributed by atoms with E-state index in [0.29, 0.717) is 0 Å². The molecule has 0 radical (unpaired) electrons. The van der Waals surface area contributed by atoms with Crippen molar-refractivity contribution in [3.05, 3.63) is 94.9 Å². The summed E-state index contributed by atoms with van der Waals surface area (Å²) < 4.78 is 7.40. The zero-order valence-corrected chi connectivity index (χ0v) is 19.0. The van der Waals surface area contributed by atoms with Gasteiger partial charge in [0.2, 0.25) is 0 Å². The molecule has 1 unspecified atom stereocenters. The van der Waals surface area contributed by atoms with Gasteiger partial charge < -0.3 is 19.6 Å². The highest BCUT2D eigenvalue weighted by Gasteiger charge is 2.30. The number of rotatable bonds is 6. The molecule has 1 atom stereocenters. The molecule has 7 nitrogen and oxygen atoms in total. The largest absolute Gasteiger partial charge is 0.480 e. The van der Waals surface area contributed by atoms with Crippen LogP contribution in [0.1, 0.15) is 34.0 Å². The highest BCUT2D eigenvalue weighted by atomic mass is 16.5. The first-order valence-corrected chi connectivity index (χ1v) is 11.2. The van der Waals surface area contributed by atoms with Gasteiger partial charge in [-0.3, -0.25) is 0 Å². The number of ether oxygens (including phenoxy) is 1. The molecule has 0 saturated carbocycles. The number of hydrogen-bond donors (Lipinski definition) is 2. The Bertz CT molecular complexity index is 1360. The van der Waals surface area contributed by atoms with Crippen LogP contribution in [0, 0.1) is 13.8 Å². The number of carboxylic acid groups (broad SMARTS) is 1. The van der Waals surface area contributed by atoms with Crippen molar-refractivity contribution in [1.29, 1.82) is 0 Å². The molecule has 4 aromatic rings. The molecule has 34 heavy (non-hydrogen) atoms. The summed E-state index contributed by atoms with van der Waals surface area (Å²) >= 11 is 0. The van der Waals surface area contributed by atoms with E-state index in [2.05, 4.69) is 22.4 Å². The van der Waals surface area contributed by atoms with E-state index < -0.39 is 18.1 Å². The minimum atomic E-state index is -1.14. The van der Waals surface area contributed by atoms with Crippen molar-refractivity contribution in [3.8, 4) is 11.1 Å². The molecule has 2 aromatic heterocycles. The summed E-state index contributed by atoms with van der Waals surface area (Å²) in [5, 5.41) is 12.3. The number of fused-ring (bicyclic) bond motifs is 4. The van der Waals surface area contributed by atoms with E-state index in [1.54, 1.807) is 0 Å². The van der Waals surface area contributed by atoms with E-state index in [1.165, 1.54) is 0 Å². The lowest BCUT2D eigenvalue weighted by molar-refractivity contribution is -0.139. The number of amides is 1. The molecule has 2 aromatic carbocycles. The topological polar surface area (TPSA) is 92.9 Å². The van der Waals surface area contributed by atoms with Crippen molar-refractivity contribution >= 4 is 17.7 Å². The molecule has 1 amide bonds. The van der Waals surface area contributed by atoms with E-state index in [9.17, 15) is 14.7 Å². The second-order valence-corrected chi connectivity index (χ2v) is 8.64. The average molecular weight is 456 g/mol. The fourth-order valence-corrected chi connectivity index (χ4v) is 4.74. The quantitative estimate of drug-likeness (QED) is 0.447. The van der Waals surface area contributed by atoms with E-state index in [0.717, 1.165) is 44.9 Å². The third kappa shape index (κ3) is 3.90. The van der Waals surface area contributed by atoms with Gasteiger partial charge >= 0.3 is 12.1 Å². The second-order valence-electron chi connectivity index (χ2n) is 8.64. The number of nitrogens with one attached hydrogen (secondary N) is 1. The number of benzene rings is 2. The van der Waals surface area contributed by atoms with E-state index in [4.69, 9.17) is 4.74 Å². The van der Waals surface area contributed by atoms with Crippen molar-refractivity contribution in [2.75, 3.05) is 6.61 Å². The Morgan fingerprint density at radius 1 is 1.06 bits per heavy atom. The third-order valence-electron chi connectivity index (χ3n) is 6.41. The third-order valence-corrected chi connectivity index (χ3v) is 6.41. The van der Waals surface area contributed by atoms with Crippen molar-refractivity contribution in [2.45, 2.75) is 32.2 Å². The van der Waals surface area contributed by atoms with Gasteiger partial charge in [-0.05, 0) is 53.8 Å². The van der Waals surface area contributed by atoms with E-state index >= 15 is 0 Å². The average Bonchev–Trinajstić information content (AvgIpc) is 3.30. The smallest absolute Gasteiger partial charge is 0.407 e. The van der Waals surface area contributed by atoms with Gasteiger partial charge in [0.05, 0.1) is 5.69 Å². The molecule has 7 heteroatoms. The van der Waals surface area contributed by atoms with Gasteiger partial charge in [0.15, 0.2) is 0 Å². The van der Waals surface area contributed by atoms with Crippen LogP contribution < -0.4 is 5.32 Å². The molecule has 2 N–H and O–H groups in total. The highest BCUT2D eigenvalue weighted by Crippen LogP contribution is 2.44. The first-order valence-electron chi connectivity index (χ1n) is 11.2. The fraction of sp³-hybridized carbons (Fsp3) is 0.222. The van der Waals surface area contributed by atoms with Gasteiger partial charge in [0.25, 0.3) is 0 Å². The minimum absolute atomic E-state index is 0.0920. The zero-order chi connectivity index (χ0) is 23.8. The predicted molar refractivity (Wildman–Crippen MR) is 128 cm³/mol. The number of carbonyl (C=O) groups excluding carboxylic acids is 1. The van der Waals surface area contributed by atoms with Crippen molar-refractivity contribution < 1.29 is 19.4 Å². The summed E-state index contributed by atoms with van der Waals surface area (Å²) in [4.78, 5) is 29.1. The molecular formula is C27H25N3O4. The Morgan fingerprint density at radius 3 is 2.35 bits per heavy atom. The zero-order valence-electron chi connectivity index (χ0n) is 19.0. The molecule has 0 saturated heterocycles. The van der Waals surface area contributed by atoms with Gasteiger partial charge in [-0.2, -0.15) is 0 Å². The van der Waals surface area contributed by atoms with Crippen LogP contribution in [0.3, 0.4) is 0 Å². The fourth-order valence-electron chi connectivity index (χ4n) is 4.74. The number of aliphatic carboxylic acids is 1. The SMILES string of the molecule is Cc1ccn2c(CC(NC(=O)OCC3c4ccccc4-c4ccccc43)C(=O)O)c(C)nc2c1. The van der Waals surface area contributed by atoms with Gasteiger partial charge in [0, 0.05) is 24.2 Å². The molecular weight excluding hydrogens is 430 g/mol. The number of nitrogens with zero attached hydrogens (tertiary/aromatic N) is 2. The van der Waals surface area contributed by atoms with Crippen LogP contribution in [0.5, 0.6) is 0 Å². The Labute approximate surface area is 197 Å². The molecule has 0 bridgehead atoms. The van der Waals surface area contributed by atoms with Gasteiger partial charge in [0.1, 0.15) is 18.3 Å². The van der Waals surface area contributed by atoms with E-state index in [-0.39, 0.29) is 18.9 Å². The number of aryl methyl sites for hydroxylation is 2. The van der Waals surface area contributed by atoms with Crippen molar-refractivity contribution in [1.82, 2.24) is 14.7 Å². The maximum atomic E-state index is 12.6. The summed E-state index contributed by atoms with van der Waals surface area (Å²) in [6, 6.07) is 18.9. The van der Waals surface area contributed by atoms with Crippen LogP contribution in [0.4, 0.5) is 4.79 Å². The summed E-state index contributed by atoms with van der Waals surface area (Å²) in [5.41, 5.74) is 7.74. The normalized spacial score (nSPS) is 13.4. The Morgan fingerprint density at radius 2 is 1.71 bits per heavy atom. The minimum Gasteiger partial charge on any atom is -0.480 e. The van der Waals surface area contributed by atoms with Crippen molar-refractivity contribution in [3.63, 3.8) is 0 Å². The Balaban J connectivity index is 1.30. The number of imidazole rings is 1. The van der Waals surface area contributed by atoms with Crippen LogP contribution in [0.2, 0.25) is 0 Å². The number of alkyl carbamates (subject to hydrolysis) is 1. The highest BCUT2D eigenvalue weighted by molar-refractivity contribution is 5.81. The lowest BCUT2D eigenvalue weighted by Gasteiger charge is -2.17. The number of carbonyl (C=O) groups is 2. The standard InChI is InChI=1S/C27H25N3O4/c1-16-11-12-30-24(17(2)28-25(30)13-16)14-23(26(31)32)29-27(33)34-15-22-20-9-5-3-7-18(20)19-8-4-6-10-21(19)22/h3-13,22-23H,14-15H2,1-2H3,(H,29,33)(H,31,32).